The molecule has 1 N–H and O–H groups in total. The highest BCUT2D eigenvalue weighted by atomic mass is 32.2. The number of thioether (sulfide) groups is 1. The van der Waals surface area contributed by atoms with Gasteiger partial charge in [0.1, 0.15) is 0 Å². The lowest BCUT2D eigenvalue weighted by Crippen LogP contribution is -2.46. The van der Waals surface area contributed by atoms with Crippen LogP contribution in [0, 0.1) is 0 Å². The number of piperazine rings is 1. The van der Waals surface area contributed by atoms with Gasteiger partial charge in [-0.3, -0.25) is 4.90 Å². The van der Waals surface area contributed by atoms with E-state index in [0.717, 1.165) is 57.7 Å². The molecule has 2 rings (SSSR count). The van der Waals surface area contributed by atoms with Gasteiger partial charge in [0.05, 0.1) is 12.3 Å². The Hall–Kier alpha value is -1.40. The van der Waals surface area contributed by atoms with E-state index in [1.54, 1.807) is 0 Å². The van der Waals surface area contributed by atoms with E-state index in [-0.39, 0.29) is 6.09 Å². The van der Waals surface area contributed by atoms with Gasteiger partial charge in [-0.05, 0) is 43.7 Å². The lowest BCUT2D eigenvalue weighted by atomic mass is 10.2. The molecule has 1 fully saturated rings. The van der Waals surface area contributed by atoms with E-state index in [9.17, 15) is 4.79 Å². The fourth-order valence-corrected chi connectivity index (χ4v) is 3.94. The molecule has 26 heavy (non-hydrogen) atoms. The summed E-state index contributed by atoms with van der Waals surface area (Å²) in [4.78, 5) is 17.8. The van der Waals surface area contributed by atoms with E-state index < -0.39 is 0 Å². The highest BCUT2D eigenvalue weighted by molar-refractivity contribution is 7.99. The van der Waals surface area contributed by atoms with Gasteiger partial charge < -0.3 is 15.0 Å². The van der Waals surface area contributed by atoms with E-state index in [1.165, 1.54) is 10.6 Å². The van der Waals surface area contributed by atoms with Crippen LogP contribution in [0.4, 0.5) is 10.5 Å². The Kier molecular flexibility index (Phi) is 9.71. The number of benzene rings is 1. The third-order valence-corrected chi connectivity index (χ3v) is 5.43. The van der Waals surface area contributed by atoms with Gasteiger partial charge in [-0.25, -0.2) is 4.79 Å². The standard InChI is InChI=1S/C20H33N3O2S/c1-3-17-25-20(24)21-11-7-8-12-22-13-15-23(16-14-22)18-9-5-6-10-19(18)26-4-2/h5-6,9-10H,3-4,7-8,11-17H2,1-2H3,(H,21,24). The van der Waals surface area contributed by atoms with Gasteiger partial charge in [0, 0.05) is 37.6 Å². The third kappa shape index (κ3) is 7.08. The molecule has 0 aliphatic carbocycles. The third-order valence-electron chi connectivity index (χ3n) is 4.49. The maximum atomic E-state index is 11.4. The second kappa shape index (κ2) is 12.1. The number of nitrogens with one attached hydrogen (secondary N) is 1. The van der Waals surface area contributed by atoms with Crippen LogP contribution in [0.25, 0.3) is 0 Å². The van der Waals surface area contributed by atoms with Crippen molar-refractivity contribution >= 4 is 23.5 Å². The average molecular weight is 380 g/mol. The van der Waals surface area contributed by atoms with Crippen LogP contribution in [0.5, 0.6) is 0 Å². The predicted molar refractivity (Wildman–Crippen MR) is 110 cm³/mol. The number of anilines is 1. The zero-order valence-electron chi connectivity index (χ0n) is 16.2. The van der Waals surface area contributed by atoms with Crippen LogP contribution in [-0.4, -0.2) is 62.6 Å². The normalized spacial score (nSPS) is 15.1. The molecule has 6 heteroatoms. The highest BCUT2D eigenvalue weighted by Gasteiger charge is 2.18. The van der Waals surface area contributed by atoms with Gasteiger partial charge in [0.15, 0.2) is 0 Å². The molecule has 0 aromatic heterocycles. The van der Waals surface area contributed by atoms with Gasteiger partial charge in [-0.15, -0.1) is 11.8 Å². The Morgan fingerprint density at radius 2 is 1.92 bits per heavy atom. The summed E-state index contributed by atoms with van der Waals surface area (Å²) in [6.45, 7) is 10.9. The molecule has 1 saturated heterocycles. The molecule has 1 aromatic rings. The Balaban J connectivity index is 1.62. The van der Waals surface area contributed by atoms with Gasteiger partial charge >= 0.3 is 6.09 Å². The fraction of sp³-hybridized carbons (Fsp3) is 0.650. The molecule has 1 aliphatic heterocycles. The molecule has 0 bridgehead atoms. The van der Waals surface area contributed by atoms with Gasteiger partial charge in [-0.2, -0.15) is 0 Å². The van der Waals surface area contributed by atoms with Crippen LogP contribution in [0.3, 0.4) is 0 Å². The van der Waals surface area contributed by atoms with Gasteiger partial charge in [0.2, 0.25) is 0 Å². The quantitative estimate of drug-likeness (QED) is 0.494. The van der Waals surface area contributed by atoms with Crippen molar-refractivity contribution in [3.8, 4) is 0 Å². The summed E-state index contributed by atoms with van der Waals surface area (Å²) in [6, 6.07) is 8.75. The zero-order valence-corrected chi connectivity index (χ0v) is 17.0. The molecule has 0 saturated carbocycles. The van der Waals surface area contributed by atoms with Crippen molar-refractivity contribution in [3.05, 3.63) is 24.3 Å². The summed E-state index contributed by atoms with van der Waals surface area (Å²) in [6.07, 6.45) is 2.68. The second-order valence-corrected chi connectivity index (χ2v) is 7.81. The maximum Gasteiger partial charge on any atom is 0.407 e. The van der Waals surface area contributed by atoms with Crippen LogP contribution in [0.15, 0.2) is 29.2 Å². The molecule has 1 aliphatic rings. The summed E-state index contributed by atoms with van der Waals surface area (Å²) in [5.41, 5.74) is 1.38. The van der Waals surface area contributed by atoms with E-state index in [4.69, 9.17) is 4.74 Å². The first kappa shape index (κ1) is 20.9. The van der Waals surface area contributed by atoms with Crippen LogP contribution in [0.2, 0.25) is 0 Å². The predicted octanol–water partition coefficient (Wildman–Crippen LogP) is 3.84. The molecule has 0 spiro atoms. The van der Waals surface area contributed by atoms with Crippen molar-refractivity contribution in [3.63, 3.8) is 0 Å². The summed E-state index contributed by atoms with van der Waals surface area (Å²) in [5.74, 6) is 1.11. The molecular weight excluding hydrogens is 346 g/mol. The van der Waals surface area contributed by atoms with Crippen molar-refractivity contribution in [1.29, 1.82) is 0 Å². The maximum absolute atomic E-state index is 11.4. The molecule has 1 aromatic carbocycles. The first-order valence-corrected chi connectivity index (χ1v) is 10.8. The SMILES string of the molecule is CCCOC(=O)NCCCCN1CCN(c2ccccc2SCC)CC1. The Bertz CT molecular complexity index is 534. The number of ether oxygens (including phenoxy) is 1. The number of unbranched alkanes of at least 4 members (excludes halogenated alkanes) is 1. The van der Waals surface area contributed by atoms with Crippen LogP contribution < -0.4 is 10.2 Å². The van der Waals surface area contributed by atoms with Crippen molar-refractivity contribution < 1.29 is 9.53 Å². The van der Waals surface area contributed by atoms with Crippen LogP contribution in [0.1, 0.15) is 33.1 Å². The molecule has 5 nitrogen and oxygen atoms in total. The minimum Gasteiger partial charge on any atom is -0.450 e. The second-order valence-electron chi connectivity index (χ2n) is 6.50. The van der Waals surface area contributed by atoms with Crippen LogP contribution in [-0.2, 0) is 4.74 Å². The smallest absolute Gasteiger partial charge is 0.407 e. The topological polar surface area (TPSA) is 44.8 Å². The Labute approximate surface area is 162 Å². The van der Waals surface area contributed by atoms with E-state index in [1.807, 2.05) is 18.7 Å². The van der Waals surface area contributed by atoms with Crippen LogP contribution >= 0.6 is 11.8 Å². The number of hydrogen-bond donors (Lipinski definition) is 1. The lowest BCUT2D eigenvalue weighted by Gasteiger charge is -2.37. The number of hydrogen-bond acceptors (Lipinski definition) is 5. The Morgan fingerprint density at radius 1 is 1.15 bits per heavy atom. The summed E-state index contributed by atoms with van der Waals surface area (Å²) in [5, 5.41) is 2.81. The number of amides is 1. The lowest BCUT2D eigenvalue weighted by molar-refractivity contribution is 0.146. The number of carbonyl (C=O) groups is 1. The van der Waals surface area contributed by atoms with Crippen molar-refractivity contribution in [2.24, 2.45) is 0 Å². The van der Waals surface area contributed by atoms with Crippen molar-refractivity contribution in [2.45, 2.75) is 38.0 Å². The minimum atomic E-state index is -0.288. The number of para-hydroxylation sites is 1. The van der Waals surface area contributed by atoms with Gasteiger partial charge in [-0.1, -0.05) is 26.0 Å². The molecule has 0 radical (unpaired) electrons. The zero-order chi connectivity index (χ0) is 18.6. The number of rotatable bonds is 10. The molecule has 0 atom stereocenters. The first-order chi connectivity index (χ1) is 12.7. The monoisotopic (exact) mass is 379 g/mol. The number of nitrogens with zero attached hydrogens (tertiary/aromatic N) is 2. The largest absolute Gasteiger partial charge is 0.450 e. The first-order valence-electron chi connectivity index (χ1n) is 9.84. The molecule has 1 amide bonds. The highest BCUT2D eigenvalue weighted by Crippen LogP contribution is 2.30. The summed E-state index contributed by atoms with van der Waals surface area (Å²) in [7, 11) is 0. The molecule has 146 valence electrons. The summed E-state index contributed by atoms with van der Waals surface area (Å²) < 4.78 is 5.00. The van der Waals surface area contributed by atoms with Gasteiger partial charge in [0.25, 0.3) is 0 Å². The minimum absolute atomic E-state index is 0.288. The summed E-state index contributed by atoms with van der Waals surface area (Å²) >= 11 is 1.92. The van der Waals surface area contributed by atoms with E-state index in [0.29, 0.717) is 13.2 Å². The van der Waals surface area contributed by atoms with Crippen molar-refractivity contribution in [1.82, 2.24) is 10.2 Å². The van der Waals surface area contributed by atoms with E-state index in [2.05, 4.69) is 46.3 Å². The Morgan fingerprint density at radius 3 is 2.65 bits per heavy atom. The molecular formula is C20H33N3O2S. The fourth-order valence-electron chi connectivity index (χ4n) is 3.11. The number of carbonyl (C=O) groups excluding carboxylic acids is 1. The molecule has 1 heterocycles. The average Bonchev–Trinajstić information content (AvgIpc) is 2.67. The number of alkyl carbamates (subject to hydrolysis) is 1. The molecule has 0 unspecified atom stereocenters. The van der Waals surface area contributed by atoms with Crippen molar-refractivity contribution in [2.75, 3.05) is 56.5 Å². The van der Waals surface area contributed by atoms with E-state index >= 15 is 0 Å².